The highest BCUT2D eigenvalue weighted by atomic mass is 32.2. The lowest BCUT2D eigenvalue weighted by Crippen LogP contribution is -2.35. The number of nitrogens with one attached hydrogen (secondary N) is 2. The minimum Gasteiger partial charge on any atom is -0.495 e. The molecule has 6 nitrogen and oxygen atoms in total. The molecule has 1 heterocycles. The fourth-order valence-corrected chi connectivity index (χ4v) is 4.12. The molecular weight excluding hydrogens is 292 g/mol. The van der Waals surface area contributed by atoms with Gasteiger partial charge in [-0.25, -0.2) is 13.1 Å². The summed E-state index contributed by atoms with van der Waals surface area (Å²) in [6.45, 7) is 1.74. The van der Waals surface area contributed by atoms with E-state index in [2.05, 4.69) is 10.0 Å². The first-order chi connectivity index (χ1) is 10.1. The molecule has 0 aromatic heterocycles. The lowest BCUT2D eigenvalue weighted by Gasteiger charge is -2.19. The SMILES string of the molecule is COc1cccc(OC)c1S(=O)(=O)NC1CCCNCC1. The van der Waals surface area contributed by atoms with Crippen LogP contribution in [0.1, 0.15) is 19.3 Å². The summed E-state index contributed by atoms with van der Waals surface area (Å²) in [5.41, 5.74) is 0. The van der Waals surface area contributed by atoms with Crippen molar-refractivity contribution >= 4 is 10.0 Å². The van der Waals surface area contributed by atoms with Crippen LogP contribution in [0.4, 0.5) is 0 Å². The largest absolute Gasteiger partial charge is 0.495 e. The van der Waals surface area contributed by atoms with Crippen LogP contribution in [0.2, 0.25) is 0 Å². The van der Waals surface area contributed by atoms with Crippen LogP contribution in [-0.2, 0) is 10.0 Å². The maximum atomic E-state index is 12.7. The van der Waals surface area contributed by atoms with Gasteiger partial charge in [0.25, 0.3) is 0 Å². The van der Waals surface area contributed by atoms with Crippen LogP contribution < -0.4 is 19.5 Å². The zero-order valence-electron chi connectivity index (χ0n) is 12.4. The molecule has 118 valence electrons. The predicted molar refractivity (Wildman–Crippen MR) is 80.4 cm³/mol. The number of hydrogen-bond acceptors (Lipinski definition) is 5. The lowest BCUT2D eigenvalue weighted by atomic mass is 10.1. The minimum atomic E-state index is -3.69. The molecular formula is C14H22N2O4S. The predicted octanol–water partition coefficient (Wildman–Crippen LogP) is 1.12. The number of hydrogen-bond donors (Lipinski definition) is 2. The van der Waals surface area contributed by atoms with Crippen molar-refractivity contribution in [3.8, 4) is 11.5 Å². The van der Waals surface area contributed by atoms with Gasteiger partial charge in [-0.2, -0.15) is 0 Å². The van der Waals surface area contributed by atoms with E-state index < -0.39 is 10.0 Å². The molecule has 21 heavy (non-hydrogen) atoms. The van der Waals surface area contributed by atoms with Crippen LogP contribution in [0.15, 0.2) is 23.1 Å². The maximum absolute atomic E-state index is 12.7. The second-order valence-corrected chi connectivity index (χ2v) is 6.64. The summed E-state index contributed by atoms with van der Waals surface area (Å²) in [6, 6.07) is 4.86. The van der Waals surface area contributed by atoms with Gasteiger partial charge in [0.05, 0.1) is 14.2 Å². The summed E-state index contributed by atoms with van der Waals surface area (Å²) in [7, 11) is -0.794. The van der Waals surface area contributed by atoms with Gasteiger partial charge in [0.15, 0.2) is 4.90 Å². The van der Waals surface area contributed by atoms with Crippen LogP contribution in [-0.4, -0.2) is 41.8 Å². The summed E-state index contributed by atoms with van der Waals surface area (Å²) >= 11 is 0. The van der Waals surface area contributed by atoms with E-state index in [9.17, 15) is 8.42 Å². The molecule has 1 fully saturated rings. The Morgan fingerprint density at radius 3 is 2.43 bits per heavy atom. The first-order valence-corrected chi connectivity index (χ1v) is 8.51. The number of ether oxygens (including phenoxy) is 2. The van der Waals surface area contributed by atoms with Crippen molar-refractivity contribution in [1.29, 1.82) is 0 Å². The van der Waals surface area contributed by atoms with Crippen LogP contribution in [0.25, 0.3) is 0 Å². The van der Waals surface area contributed by atoms with Crippen molar-refractivity contribution in [3.63, 3.8) is 0 Å². The van der Waals surface area contributed by atoms with Crippen molar-refractivity contribution in [1.82, 2.24) is 10.0 Å². The molecule has 1 aliphatic rings. The normalized spacial score (nSPS) is 19.8. The quantitative estimate of drug-likeness (QED) is 0.852. The zero-order valence-corrected chi connectivity index (χ0v) is 13.2. The van der Waals surface area contributed by atoms with Gasteiger partial charge in [0, 0.05) is 6.04 Å². The molecule has 0 aliphatic carbocycles. The van der Waals surface area contributed by atoms with Crippen molar-refractivity contribution in [2.75, 3.05) is 27.3 Å². The summed E-state index contributed by atoms with van der Waals surface area (Å²) < 4.78 is 38.5. The van der Waals surface area contributed by atoms with Crippen molar-refractivity contribution in [3.05, 3.63) is 18.2 Å². The third-order valence-corrected chi connectivity index (χ3v) is 5.13. The van der Waals surface area contributed by atoms with Gasteiger partial charge in [-0.3, -0.25) is 0 Å². The summed E-state index contributed by atoms with van der Waals surface area (Å²) in [6.07, 6.45) is 2.55. The zero-order chi connectivity index (χ0) is 15.3. The highest BCUT2D eigenvalue weighted by Gasteiger charge is 2.27. The molecule has 0 bridgehead atoms. The van der Waals surface area contributed by atoms with Crippen molar-refractivity contribution < 1.29 is 17.9 Å². The summed E-state index contributed by atoms with van der Waals surface area (Å²) in [5, 5.41) is 3.26. The molecule has 1 saturated heterocycles. The Morgan fingerprint density at radius 2 is 1.81 bits per heavy atom. The Labute approximate surface area is 125 Å². The number of benzene rings is 1. The standard InChI is InChI=1S/C14H22N2O4S/c1-19-12-6-3-7-13(20-2)14(12)21(17,18)16-11-5-4-9-15-10-8-11/h3,6-7,11,15-16H,4-5,8-10H2,1-2H3. The summed E-state index contributed by atoms with van der Waals surface area (Å²) in [4.78, 5) is 0.0622. The molecule has 1 aliphatic heterocycles. The molecule has 0 spiro atoms. The first-order valence-electron chi connectivity index (χ1n) is 7.02. The number of sulfonamides is 1. The first kappa shape index (κ1) is 16.1. The fraction of sp³-hybridized carbons (Fsp3) is 0.571. The maximum Gasteiger partial charge on any atom is 0.248 e. The second-order valence-electron chi connectivity index (χ2n) is 4.99. The van der Waals surface area contributed by atoms with Crippen molar-refractivity contribution in [2.45, 2.75) is 30.2 Å². The monoisotopic (exact) mass is 314 g/mol. The molecule has 2 rings (SSSR count). The van der Waals surface area contributed by atoms with Crippen LogP contribution in [0.5, 0.6) is 11.5 Å². The van der Waals surface area contributed by atoms with E-state index in [0.29, 0.717) is 0 Å². The van der Waals surface area contributed by atoms with Gasteiger partial charge in [0.2, 0.25) is 10.0 Å². The molecule has 1 aromatic carbocycles. The third kappa shape index (κ3) is 3.87. The Morgan fingerprint density at radius 1 is 1.14 bits per heavy atom. The van der Waals surface area contributed by atoms with Gasteiger partial charge in [0.1, 0.15) is 11.5 Å². The van der Waals surface area contributed by atoms with Gasteiger partial charge < -0.3 is 14.8 Å². The van der Waals surface area contributed by atoms with E-state index in [1.54, 1.807) is 18.2 Å². The van der Waals surface area contributed by atoms with Crippen LogP contribution >= 0.6 is 0 Å². The molecule has 0 radical (unpaired) electrons. The van der Waals surface area contributed by atoms with Gasteiger partial charge in [-0.1, -0.05) is 6.07 Å². The third-order valence-electron chi connectivity index (χ3n) is 3.55. The van der Waals surface area contributed by atoms with Gasteiger partial charge >= 0.3 is 0 Å². The molecule has 2 N–H and O–H groups in total. The van der Waals surface area contributed by atoms with E-state index in [0.717, 1.165) is 32.4 Å². The number of rotatable bonds is 5. The fourth-order valence-electron chi connectivity index (χ4n) is 2.50. The second kappa shape index (κ2) is 7.11. The van der Waals surface area contributed by atoms with Crippen LogP contribution in [0, 0.1) is 0 Å². The average Bonchev–Trinajstić information content (AvgIpc) is 2.74. The Hall–Kier alpha value is -1.31. The highest BCUT2D eigenvalue weighted by Crippen LogP contribution is 2.33. The molecule has 1 unspecified atom stereocenters. The Bertz CT molecular complexity index is 544. The molecule has 7 heteroatoms. The Kier molecular flexibility index (Phi) is 5.44. The minimum absolute atomic E-state index is 0.0622. The number of methoxy groups -OCH3 is 2. The van der Waals surface area contributed by atoms with E-state index in [4.69, 9.17) is 9.47 Å². The molecule has 1 atom stereocenters. The van der Waals surface area contributed by atoms with Gasteiger partial charge in [-0.15, -0.1) is 0 Å². The van der Waals surface area contributed by atoms with E-state index in [1.165, 1.54) is 14.2 Å². The topological polar surface area (TPSA) is 76.7 Å². The molecule has 0 amide bonds. The lowest BCUT2D eigenvalue weighted by molar-refractivity contribution is 0.372. The highest BCUT2D eigenvalue weighted by molar-refractivity contribution is 7.89. The summed E-state index contributed by atoms with van der Waals surface area (Å²) in [5.74, 6) is 0.571. The van der Waals surface area contributed by atoms with Gasteiger partial charge in [-0.05, 0) is 44.5 Å². The van der Waals surface area contributed by atoms with E-state index in [-0.39, 0.29) is 22.4 Å². The molecule has 0 saturated carbocycles. The smallest absolute Gasteiger partial charge is 0.248 e. The van der Waals surface area contributed by atoms with Crippen molar-refractivity contribution in [2.24, 2.45) is 0 Å². The van der Waals surface area contributed by atoms with E-state index >= 15 is 0 Å². The van der Waals surface area contributed by atoms with Crippen LogP contribution in [0.3, 0.4) is 0 Å². The van der Waals surface area contributed by atoms with E-state index in [1.807, 2.05) is 0 Å². The molecule has 1 aromatic rings. The Balaban J connectivity index is 2.30. The average molecular weight is 314 g/mol.